The molecule has 190 valence electrons. The molecule has 2 heterocycles. The number of thioether (sulfide) groups is 1. The Morgan fingerprint density at radius 1 is 1.19 bits per heavy atom. The number of hydrogen-bond donors (Lipinski definition) is 0. The van der Waals surface area contributed by atoms with Gasteiger partial charge in [-0.05, 0) is 64.5 Å². The molecule has 2 saturated heterocycles. The van der Waals surface area contributed by atoms with Gasteiger partial charge >= 0.3 is 0 Å². The van der Waals surface area contributed by atoms with Gasteiger partial charge in [-0.25, -0.2) is 0 Å². The molecule has 2 aliphatic rings. The van der Waals surface area contributed by atoms with Gasteiger partial charge in [0.1, 0.15) is 13.2 Å². The first-order valence-electron chi connectivity index (χ1n) is 11.3. The second-order valence-corrected chi connectivity index (χ2v) is 10.2. The minimum Gasteiger partial charge on any atom is -0.490 e. The number of benzene rings is 2. The zero-order valence-electron chi connectivity index (χ0n) is 19.5. The second-order valence-electron chi connectivity index (χ2n) is 7.90. The predicted octanol–water partition coefficient (Wildman–Crippen LogP) is 4.98. The van der Waals surface area contributed by atoms with Crippen LogP contribution < -0.4 is 9.47 Å². The maximum absolute atomic E-state index is 12.9. The van der Waals surface area contributed by atoms with E-state index in [-0.39, 0.29) is 24.0 Å². The highest BCUT2D eigenvalue weighted by atomic mass is 79.9. The number of amides is 3. The maximum atomic E-state index is 12.9. The lowest BCUT2D eigenvalue weighted by molar-refractivity contribution is -0.139. The van der Waals surface area contributed by atoms with E-state index in [0.717, 1.165) is 22.2 Å². The maximum Gasteiger partial charge on any atom is 0.294 e. The summed E-state index contributed by atoms with van der Waals surface area (Å²) >= 11 is 10.6. The van der Waals surface area contributed by atoms with Gasteiger partial charge in [-0.3, -0.25) is 19.3 Å². The molecule has 2 fully saturated rings. The molecule has 2 aromatic rings. The minimum absolute atomic E-state index is 0.230. The molecule has 3 amide bonds. The van der Waals surface area contributed by atoms with Crippen LogP contribution in [0.2, 0.25) is 5.02 Å². The third-order valence-corrected chi connectivity index (χ3v) is 7.36. The monoisotopic (exact) mass is 594 g/mol. The smallest absolute Gasteiger partial charge is 0.294 e. The van der Waals surface area contributed by atoms with Gasteiger partial charge in [-0.15, -0.1) is 0 Å². The number of halogens is 2. The summed E-state index contributed by atoms with van der Waals surface area (Å²) in [7, 11) is 0. The summed E-state index contributed by atoms with van der Waals surface area (Å²) < 4.78 is 17.7. The minimum atomic E-state index is -0.500. The molecule has 0 aliphatic carbocycles. The van der Waals surface area contributed by atoms with E-state index in [0.29, 0.717) is 59.5 Å². The molecule has 0 bridgehead atoms. The predicted molar refractivity (Wildman–Crippen MR) is 141 cm³/mol. The lowest BCUT2D eigenvalue weighted by Crippen LogP contribution is -2.46. The SMILES string of the molecule is CCOc1cc(/C=C2\SC(=O)N(CC(=O)N3CCOCC3)C2=O)cc(Br)c1OCc1ccccc1Cl. The normalized spacial score (nSPS) is 17.1. The highest BCUT2D eigenvalue weighted by Crippen LogP contribution is 2.40. The van der Waals surface area contributed by atoms with Gasteiger partial charge in [0.25, 0.3) is 11.1 Å². The van der Waals surface area contributed by atoms with Crippen LogP contribution in [0.3, 0.4) is 0 Å². The number of imide groups is 1. The molecular formula is C25H24BrClN2O6S. The number of morpholine rings is 1. The van der Waals surface area contributed by atoms with Crippen molar-refractivity contribution in [3.05, 3.63) is 61.9 Å². The van der Waals surface area contributed by atoms with Crippen LogP contribution in [0.15, 0.2) is 45.8 Å². The number of carbonyl (C=O) groups excluding carboxylic acids is 3. The molecule has 2 aromatic carbocycles. The average molecular weight is 596 g/mol. The van der Waals surface area contributed by atoms with Crippen LogP contribution in [0, 0.1) is 0 Å². The number of hydrogen-bond acceptors (Lipinski definition) is 7. The Balaban J connectivity index is 1.51. The molecule has 8 nitrogen and oxygen atoms in total. The number of ether oxygens (including phenoxy) is 3. The van der Waals surface area contributed by atoms with Crippen molar-refractivity contribution in [1.82, 2.24) is 9.80 Å². The standard InChI is InChI=1S/C25H24BrClN2O6S/c1-2-34-20-12-16(11-18(26)23(20)35-15-17-5-3-4-6-19(17)27)13-21-24(31)29(25(32)36-21)14-22(30)28-7-9-33-10-8-28/h3-6,11-13H,2,7-10,14-15H2,1H3/b21-13-. The number of carbonyl (C=O) groups is 3. The van der Waals surface area contributed by atoms with E-state index >= 15 is 0 Å². The van der Waals surface area contributed by atoms with E-state index in [9.17, 15) is 14.4 Å². The Labute approximate surface area is 226 Å². The molecule has 11 heteroatoms. The largest absolute Gasteiger partial charge is 0.490 e. The Morgan fingerprint density at radius 3 is 2.67 bits per heavy atom. The van der Waals surface area contributed by atoms with Crippen LogP contribution in [0.25, 0.3) is 6.08 Å². The third-order valence-electron chi connectivity index (χ3n) is 5.49. The summed E-state index contributed by atoms with van der Waals surface area (Å²) in [6.07, 6.45) is 1.61. The van der Waals surface area contributed by atoms with Gasteiger partial charge < -0.3 is 19.1 Å². The topological polar surface area (TPSA) is 85.4 Å². The quantitative estimate of drug-likeness (QED) is 0.398. The van der Waals surface area contributed by atoms with Crippen LogP contribution in [-0.4, -0.2) is 66.3 Å². The summed E-state index contributed by atoms with van der Waals surface area (Å²) in [6.45, 7) is 4.01. The van der Waals surface area contributed by atoms with Crippen LogP contribution >= 0.6 is 39.3 Å². The molecule has 0 unspecified atom stereocenters. The summed E-state index contributed by atoms with van der Waals surface area (Å²) in [5, 5.41) is 0.127. The van der Waals surface area contributed by atoms with Gasteiger partial charge in [0.2, 0.25) is 5.91 Å². The van der Waals surface area contributed by atoms with Crippen LogP contribution in [-0.2, 0) is 20.9 Å². The van der Waals surface area contributed by atoms with Crippen molar-refractivity contribution in [2.75, 3.05) is 39.5 Å². The lowest BCUT2D eigenvalue weighted by atomic mass is 10.1. The highest BCUT2D eigenvalue weighted by molar-refractivity contribution is 9.10. The van der Waals surface area contributed by atoms with E-state index in [2.05, 4.69) is 15.9 Å². The fourth-order valence-electron chi connectivity index (χ4n) is 3.68. The Morgan fingerprint density at radius 2 is 1.94 bits per heavy atom. The van der Waals surface area contributed by atoms with Gasteiger partial charge in [-0.1, -0.05) is 29.8 Å². The molecule has 0 saturated carbocycles. The lowest BCUT2D eigenvalue weighted by Gasteiger charge is -2.28. The van der Waals surface area contributed by atoms with Gasteiger partial charge in [0, 0.05) is 23.7 Å². The fraction of sp³-hybridized carbons (Fsp3) is 0.320. The first-order valence-corrected chi connectivity index (χ1v) is 13.3. The van der Waals surface area contributed by atoms with Crippen molar-refractivity contribution in [2.24, 2.45) is 0 Å². The zero-order chi connectivity index (χ0) is 25.7. The Bertz CT molecular complexity index is 1200. The molecule has 4 rings (SSSR count). The molecule has 0 aromatic heterocycles. The average Bonchev–Trinajstić information content (AvgIpc) is 3.12. The van der Waals surface area contributed by atoms with E-state index < -0.39 is 11.1 Å². The first-order chi connectivity index (χ1) is 17.4. The molecule has 0 N–H and O–H groups in total. The van der Waals surface area contributed by atoms with Crippen molar-refractivity contribution >= 4 is 62.4 Å². The number of nitrogens with zero attached hydrogens (tertiary/aromatic N) is 2. The van der Waals surface area contributed by atoms with E-state index in [1.54, 1.807) is 29.2 Å². The zero-order valence-corrected chi connectivity index (χ0v) is 22.7. The van der Waals surface area contributed by atoms with Crippen molar-refractivity contribution in [3.8, 4) is 11.5 Å². The van der Waals surface area contributed by atoms with Gasteiger partial charge in [0.15, 0.2) is 11.5 Å². The summed E-state index contributed by atoms with van der Waals surface area (Å²) in [5.41, 5.74) is 1.47. The van der Waals surface area contributed by atoms with Gasteiger partial charge in [-0.2, -0.15) is 0 Å². The Kier molecular flexibility index (Phi) is 8.95. The number of rotatable bonds is 8. The molecule has 0 radical (unpaired) electrons. The summed E-state index contributed by atoms with van der Waals surface area (Å²) in [5.74, 6) is 0.202. The van der Waals surface area contributed by atoms with Crippen molar-refractivity contribution in [3.63, 3.8) is 0 Å². The molecule has 0 atom stereocenters. The van der Waals surface area contributed by atoms with Crippen molar-refractivity contribution < 1.29 is 28.6 Å². The third kappa shape index (κ3) is 6.23. The Hall–Kier alpha value is -2.53. The summed E-state index contributed by atoms with van der Waals surface area (Å²) in [6, 6.07) is 10.9. The molecule has 2 aliphatic heterocycles. The highest BCUT2D eigenvalue weighted by Gasteiger charge is 2.37. The van der Waals surface area contributed by atoms with Crippen molar-refractivity contribution in [2.45, 2.75) is 13.5 Å². The molecule has 36 heavy (non-hydrogen) atoms. The van der Waals surface area contributed by atoms with E-state index in [1.165, 1.54) is 0 Å². The fourth-order valence-corrected chi connectivity index (χ4v) is 5.28. The van der Waals surface area contributed by atoms with E-state index in [4.69, 9.17) is 25.8 Å². The van der Waals surface area contributed by atoms with Gasteiger partial charge in [0.05, 0.1) is 29.2 Å². The van der Waals surface area contributed by atoms with Crippen molar-refractivity contribution in [1.29, 1.82) is 0 Å². The second kappa shape index (κ2) is 12.1. The first kappa shape index (κ1) is 26.5. The molecular weight excluding hydrogens is 572 g/mol. The van der Waals surface area contributed by atoms with E-state index in [1.807, 2.05) is 25.1 Å². The molecule has 0 spiro atoms. The van der Waals surface area contributed by atoms with Crippen LogP contribution in [0.1, 0.15) is 18.1 Å². The van der Waals surface area contributed by atoms with Crippen LogP contribution in [0.5, 0.6) is 11.5 Å². The van der Waals surface area contributed by atoms with Crippen LogP contribution in [0.4, 0.5) is 4.79 Å². The summed E-state index contributed by atoms with van der Waals surface area (Å²) in [4.78, 5) is 40.8.